The third-order valence-corrected chi connectivity index (χ3v) is 3.68. The van der Waals surface area contributed by atoms with Crippen LogP contribution >= 0.6 is 27.5 Å². The van der Waals surface area contributed by atoms with Gasteiger partial charge in [0, 0.05) is 16.2 Å². The number of halogens is 2. The number of aryl methyl sites for hydroxylation is 1. The van der Waals surface area contributed by atoms with Gasteiger partial charge in [-0.3, -0.25) is 4.40 Å². The van der Waals surface area contributed by atoms with Gasteiger partial charge in [-0.1, -0.05) is 41.4 Å². The predicted octanol–water partition coefficient (Wildman–Crippen LogP) is 4.73. The van der Waals surface area contributed by atoms with E-state index in [0.29, 0.717) is 5.15 Å². The van der Waals surface area contributed by atoms with Gasteiger partial charge in [0.1, 0.15) is 16.5 Å². The van der Waals surface area contributed by atoms with Crippen LogP contribution in [0.5, 0.6) is 0 Å². The molecule has 3 aromatic rings. The van der Waals surface area contributed by atoms with Crippen LogP contribution in [0.25, 0.3) is 16.9 Å². The fraction of sp³-hybridized carbons (Fsp3) is 0.0714. The lowest BCUT2D eigenvalue weighted by Gasteiger charge is -1.99. The molecule has 1 aromatic carbocycles. The van der Waals surface area contributed by atoms with E-state index < -0.39 is 0 Å². The Labute approximate surface area is 118 Å². The Morgan fingerprint density at radius 2 is 1.83 bits per heavy atom. The third-order valence-electron chi connectivity index (χ3n) is 2.85. The van der Waals surface area contributed by atoms with Crippen molar-refractivity contribution in [3.05, 3.63) is 57.8 Å². The first-order valence-electron chi connectivity index (χ1n) is 5.55. The van der Waals surface area contributed by atoms with E-state index >= 15 is 0 Å². The number of pyridine rings is 1. The predicted molar refractivity (Wildman–Crippen MR) is 78.1 cm³/mol. The van der Waals surface area contributed by atoms with Crippen LogP contribution in [-0.4, -0.2) is 9.38 Å². The third kappa shape index (κ3) is 1.93. The van der Waals surface area contributed by atoms with E-state index in [1.165, 1.54) is 5.56 Å². The highest BCUT2D eigenvalue weighted by Gasteiger charge is 2.11. The summed E-state index contributed by atoms with van der Waals surface area (Å²) in [6.45, 7) is 2.06. The van der Waals surface area contributed by atoms with Crippen molar-refractivity contribution in [2.24, 2.45) is 0 Å². The van der Waals surface area contributed by atoms with E-state index in [2.05, 4.69) is 40.0 Å². The smallest absolute Gasteiger partial charge is 0.141 e. The van der Waals surface area contributed by atoms with E-state index in [0.717, 1.165) is 21.4 Å². The zero-order valence-corrected chi connectivity index (χ0v) is 12.0. The maximum absolute atomic E-state index is 6.38. The molecular weight excluding hydrogens is 312 g/mol. The number of imidazole rings is 1. The molecule has 0 aliphatic carbocycles. The maximum atomic E-state index is 6.38. The molecule has 0 radical (unpaired) electrons. The molecule has 2 aromatic heterocycles. The molecule has 0 spiro atoms. The molecule has 0 aliphatic heterocycles. The molecule has 0 N–H and O–H groups in total. The summed E-state index contributed by atoms with van der Waals surface area (Å²) in [6.07, 6.45) is 1.92. The van der Waals surface area contributed by atoms with E-state index in [4.69, 9.17) is 11.6 Å². The molecule has 0 aliphatic rings. The molecule has 0 bridgehead atoms. The van der Waals surface area contributed by atoms with Gasteiger partial charge < -0.3 is 0 Å². The van der Waals surface area contributed by atoms with Gasteiger partial charge in [0.25, 0.3) is 0 Å². The van der Waals surface area contributed by atoms with Gasteiger partial charge in [-0.25, -0.2) is 4.98 Å². The SMILES string of the molecule is Cc1ccc(-c2nc3ccc(Br)cn3c2Cl)cc1. The molecule has 4 heteroatoms. The van der Waals surface area contributed by atoms with Crippen LogP contribution in [0.15, 0.2) is 47.1 Å². The second kappa shape index (κ2) is 4.41. The summed E-state index contributed by atoms with van der Waals surface area (Å²) in [6, 6.07) is 12.1. The summed E-state index contributed by atoms with van der Waals surface area (Å²) < 4.78 is 2.85. The Hall–Kier alpha value is -1.32. The minimum absolute atomic E-state index is 0.634. The van der Waals surface area contributed by atoms with Crippen molar-refractivity contribution in [3.8, 4) is 11.3 Å². The number of fused-ring (bicyclic) bond motifs is 1. The Bertz CT molecular complexity index is 716. The van der Waals surface area contributed by atoms with Crippen molar-refractivity contribution >= 4 is 33.2 Å². The number of benzene rings is 1. The van der Waals surface area contributed by atoms with E-state index in [1.807, 2.05) is 34.9 Å². The van der Waals surface area contributed by atoms with Gasteiger partial charge in [-0.2, -0.15) is 0 Å². The Morgan fingerprint density at radius 1 is 1.11 bits per heavy atom. The molecule has 2 heterocycles. The summed E-state index contributed by atoms with van der Waals surface area (Å²) in [5.41, 5.74) is 3.92. The molecule has 90 valence electrons. The van der Waals surface area contributed by atoms with E-state index in [1.54, 1.807) is 0 Å². The molecule has 0 atom stereocenters. The number of rotatable bonds is 1. The quantitative estimate of drug-likeness (QED) is 0.633. The normalized spacial score (nSPS) is 11.1. The average molecular weight is 322 g/mol. The summed E-state index contributed by atoms with van der Waals surface area (Å²) >= 11 is 9.82. The molecular formula is C14H10BrClN2. The van der Waals surface area contributed by atoms with Crippen LogP contribution < -0.4 is 0 Å². The van der Waals surface area contributed by atoms with Crippen molar-refractivity contribution in [1.29, 1.82) is 0 Å². The molecule has 3 rings (SSSR count). The standard InChI is InChI=1S/C14H10BrClN2/c1-9-2-4-10(5-3-9)13-14(16)18-8-11(15)6-7-12(18)17-13/h2-8H,1H3. The van der Waals surface area contributed by atoms with Crippen LogP contribution in [0.2, 0.25) is 5.15 Å². The van der Waals surface area contributed by atoms with Gasteiger partial charge in [-0.15, -0.1) is 0 Å². The summed E-state index contributed by atoms with van der Waals surface area (Å²) in [5, 5.41) is 0.634. The van der Waals surface area contributed by atoms with E-state index in [9.17, 15) is 0 Å². The zero-order chi connectivity index (χ0) is 12.7. The fourth-order valence-electron chi connectivity index (χ4n) is 1.89. The number of hydrogen-bond donors (Lipinski definition) is 0. The molecule has 0 amide bonds. The van der Waals surface area contributed by atoms with Gasteiger partial charge in [0.2, 0.25) is 0 Å². The zero-order valence-electron chi connectivity index (χ0n) is 9.69. The molecule has 2 nitrogen and oxygen atoms in total. The molecule has 0 saturated carbocycles. The molecule has 0 saturated heterocycles. The monoisotopic (exact) mass is 320 g/mol. The topological polar surface area (TPSA) is 17.3 Å². The Kier molecular flexibility index (Phi) is 2.88. The second-order valence-corrected chi connectivity index (χ2v) is 5.47. The van der Waals surface area contributed by atoms with Crippen LogP contribution in [0, 0.1) is 6.92 Å². The first kappa shape index (κ1) is 11.8. The van der Waals surface area contributed by atoms with Gasteiger partial charge in [-0.05, 0) is 35.0 Å². The highest BCUT2D eigenvalue weighted by Crippen LogP contribution is 2.29. The Morgan fingerprint density at radius 3 is 2.56 bits per heavy atom. The number of hydrogen-bond acceptors (Lipinski definition) is 1. The molecule has 0 fully saturated rings. The van der Waals surface area contributed by atoms with Crippen molar-refractivity contribution in [2.45, 2.75) is 6.92 Å². The minimum atomic E-state index is 0.634. The lowest BCUT2D eigenvalue weighted by molar-refractivity contribution is 1.17. The highest BCUT2D eigenvalue weighted by molar-refractivity contribution is 9.10. The lowest BCUT2D eigenvalue weighted by Crippen LogP contribution is -1.83. The summed E-state index contributed by atoms with van der Waals surface area (Å²) in [7, 11) is 0. The van der Waals surface area contributed by atoms with Crippen molar-refractivity contribution in [1.82, 2.24) is 9.38 Å². The lowest BCUT2D eigenvalue weighted by atomic mass is 10.1. The first-order valence-corrected chi connectivity index (χ1v) is 6.72. The minimum Gasteiger partial charge on any atom is -0.289 e. The second-order valence-electron chi connectivity index (χ2n) is 4.19. The summed E-state index contributed by atoms with van der Waals surface area (Å²) in [5.74, 6) is 0. The van der Waals surface area contributed by atoms with Gasteiger partial charge in [0.05, 0.1) is 0 Å². The van der Waals surface area contributed by atoms with Crippen molar-refractivity contribution < 1.29 is 0 Å². The Balaban J connectivity index is 2.23. The number of nitrogens with zero attached hydrogens (tertiary/aromatic N) is 2. The summed E-state index contributed by atoms with van der Waals surface area (Å²) in [4.78, 5) is 4.56. The van der Waals surface area contributed by atoms with Crippen LogP contribution in [0.1, 0.15) is 5.56 Å². The molecule has 18 heavy (non-hydrogen) atoms. The van der Waals surface area contributed by atoms with Crippen LogP contribution in [0.4, 0.5) is 0 Å². The van der Waals surface area contributed by atoms with Crippen LogP contribution in [0.3, 0.4) is 0 Å². The van der Waals surface area contributed by atoms with Crippen LogP contribution in [-0.2, 0) is 0 Å². The van der Waals surface area contributed by atoms with E-state index in [-0.39, 0.29) is 0 Å². The first-order chi connectivity index (χ1) is 8.65. The van der Waals surface area contributed by atoms with Crippen molar-refractivity contribution in [2.75, 3.05) is 0 Å². The highest BCUT2D eigenvalue weighted by atomic mass is 79.9. The fourth-order valence-corrected chi connectivity index (χ4v) is 2.51. The molecule has 0 unspecified atom stereocenters. The van der Waals surface area contributed by atoms with Crippen molar-refractivity contribution in [3.63, 3.8) is 0 Å². The van der Waals surface area contributed by atoms with Gasteiger partial charge in [0.15, 0.2) is 0 Å². The largest absolute Gasteiger partial charge is 0.289 e. The van der Waals surface area contributed by atoms with Gasteiger partial charge >= 0.3 is 0 Å². The maximum Gasteiger partial charge on any atom is 0.141 e. The number of aromatic nitrogens is 2. The average Bonchev–Trinajstić information content (AvgIpc) is 2.68.